The fraction of sp³-hybridized carbons (Fsp3) is 0.357. The van der Waals surface area contributed by atoms with Gasteiger partial charge in [-0.05, 0) is 12.1 Å². The summed E-state index contributed by atoms with van der Waals surface area (Å²) < 4.78 is 29.3. The van der Waals surface area contributed by atoms with Gasteiger partial charge in [0.25, 0.3) is 0 Å². The summed E-state index contributed by atoms with van der Waals surface area (Å²) in [4.78, 5) is 4.45. The normalized spacial score (nSPS) is 11.3. The molecule has 2 aromatic rings. The molecule has 2 rings (SSSR count). The van der Waals surface area contributed by atoms with Gasteiger partial charge in [0.05, 0.1) is 5.69 Å². The third-order valence-corrected chi connectivity index (χ3v) is 3.44. The highest BCUT2D eigenvalue weighted by atomic mass is 32.1. The van der Waals surface area contributed by atoms with Crippen LogP contribution in [-0.2, 0) is 6.54 Å². The molecule has 1 heterocycles. The molecule has 1 N–H and O–H groups in total. The molecular formula is C14H16F2N2OS. The zero-order valence-corrected chi connectivity index (χ0v) is 12.1. The molecule has 0 aliphatic heterocycles. The number of hydrogen-bond donors (Lipinski definition) is 1. The molecule has 6 heteroatoms. The molecule has 0 spiro atoms. The van der Waals surface area contributed by atoms with Crippen molar-refractivity contribution < 1.29 is 13.5 Å². The Morgan fingerprint density at radius 1 is 1.30 bits per heavy atom. The van der Waals surface area contributed by atoms with Crippen molar-refractivity contribution in [2.75, 3.05) is 0 Å². The summed E-state index contributed by atoms with van der Waals surface area (Å²) in [5.74, 6) is 0.149. The van der Waals surface area contributed by atoms with Crippen molar-refractivity contribution in [2.45, 2.75) is 33.0 Å². The third-order valence-electron chi connectivity index (χ3n) is 2.59. The molecular weight excluding hydrogens is 282 g/mol. The van der Waals surface area contributed by atoms with Gasteiger partial charge >= 0.3 is 6.61 Å². The average Bonchev–Trinajstić information content (AvgIpc) is 2.85. The number of benzene rings is 1. The Hall–Kier alpha value is -1.53. The maximum absolute atomic E-state index is 12.4. The molecule has 1 aromatic carbocycles. The van der Waals surface area contributed by atoms with Gasteiger partial charge in [-0.3, -0.25) is 0 Å². The SMILES string of the molecule is CC(C)NCc1nc(-c2ccccc2OC(F)F)cs1. The molecule has 0 aliphatic rings. The van der Waals surface area contributed by atoms with E-state index in [1.807, 2.05) is 5.38 Å². The van der Waals surface area contributed by atoms with Crippen LogP contribution in [0.3, 0.4) is 0 Å². The standard InChI is InChI=1S/C14H16F2N2OS/c1-9(2)17-7-13-18-11(8-20-13)10-5-3-4-6-12(10)19-14(15)16/h3-6,8-9,14,17H,7H2,1-2H3. The molecule has 0 bridgehead atoms. The topological polar surface area (TPSA) is 34.2 Å². The van der Waals surface area contributed by atoms with E-state index in [0.29, 0.717) is 23.8 Å². The summed E-state index contributed by atoms with van der Waals surface area (Å²) in [5, 5.41) is 6.04. The highest BCUT2D eigenvalue weighted by Gasteiger charge is 2.13. The minimum atomic E-state index is -2.84. The minimum absolute atomic E-state index is 0.149. The van der Waals surface area contributed by atoms with E-state index in [2.05, 4.69) is 28.9 Å². The van der Waals surface area contributed by atoms with Crippen LogP contribution in [0.25, 0.3) is 11.3 Å². The van der Waals surface area contributed by atoms with Crippen molar-refractivity contribution in [3.05, 3.63) is 34.7 Å². The van der Waals surface area contributed by atoms with Gasteiger partial charge in [0.2, 0.25) is 0 Å². The summed E-state index contributed by atoms with van der Waals surface area (Å²) >= 11 is 1.50. The Kier molecular flexibility index (Phi) is 5.03. The molecule has 108 valence electrons. The van der Waals surface area contributed by atoms with E-state index in [-0.39, 0.29) is 5.75 Å². The zero-order valence-electron chi connectivity index (χ0n) is 11.3. The summed E-state index contributed by atoms with van der Waals surface area (Å²) in [6, 6.07) is 7.06. The van der Waals surface area contributed by atoms with Crippen molar-refractivity contribution in [3.63, 3.8) is 0 Å². The van der Waals surface area contributed by atoms with Gasteiger partial charge in [-0.2, -0.15) is 8.78 Å². The maximum Gasteiger partial charge on any atom is 0.387 e. The Labute approximate surface area is 120 Å². The number of aromatic nitrogens is 1. The Bertz CT molecular complexity index is 558. The number of rotatable bonds is 6. The molecule has 3 nitrogen and oxygen atoms in total. The first-order chi connectivity index (χ1) is 9.56. The van der Waals surface area contributed by atoms with Gasteiger partial charge in [0, 0.05) is 23.5 Å². The first-order valence-corrected chi connectivity index (χ1v) is 7.16. The van der Waals surface area contributed by atoms with Crippen molar-refractivity contribution in [2.24, 2.45) is 0 Å². The summed E-state index contributed by atoms with van der Waals surface area (Å²) in [6.07, 6.45) is 0. The minimum Gasteiger partial charge on any atom is -0.434 e. The summed E-state index contributed by atoms with van der Waals surface area (Å²) in [6.45, 7) is 1.94. The molecule has 0 radical (unpaired) electrons. The second kappa shape index (κ2) is 6.76. The predicted octanol–water partition coefficient (Wildman–Crippen LogP) is 3.91. The number of para-hydroxylation sites is 1. The lowest BCUT2D eigenvalue weighted by Gasteiger charge is -2.08. The Morgan fingerprint density at radius 2 is 2.05 bits per heavy atom. The van der Waals surface area contributed by atoms with E-state index >= 15 is 0 Å². The quantitative estimate of drug-likeness (QED) is 0.878. The van der Waals surface area contributed by atoms with E-state index in [0.717, 1.165) is 5.01 Å². The second-order valence-electron chi connectivity index (χ2n) is 4.54. The van der Waals surface area contributed by atoms with Crippen LogP contribution in [0.2, 0.25) is 0 Å². The first kappa shape index (κ1) is 14.9. The number of thiazole rings is 1. The van der Waals surface area contributed by atoms with Crippen LogP contribution in [0.5, 0.6) is 5.75 Å². The van der Waals surface area contributed by atoms with E-state index in [4.69, 9.17) is 0 Å². The molecule has 0 saturated carbocycles. The number of ether oxygens (including phenoxy) is 1. The number of halogens is 2. The molecule has 1 aromatic heterocycles. The van der Waals surface area contributed by atoms with Gasteiger partial charge in [0.1, 0.15) is 10.8 Å². The van der Waals surface area contributed by atoms with Crippen molar-refractivity contribution in [3.8, 4) is 17.0 Å². The lowest BCUT2D eigenvalue weighted by molar-refractivity contribution is -0.0494. The van der Waals surface area contributed by atoms with Crippen molar-refractivity contribution >= 4 is 11.3 Å². The molecule has 20 heavy (non-hydrogen) atoms. The monoisotopic (exact) mass is 298 g/mol. The summed E-state index contributed by atoms with van der Waals surface area (Å²) in [7, 11) is 0. The predicted molar refractivity (Wildman–Crippen MR) is 76.2 cm³/mol. The van der Waals surface area contributed by atoms with E-state index in [9.17, 15) is 8.78 Å². The van der Waals surface area contributed by atoms with E-state index < -0.39 is 6.61 Å². The highest BCUT2D eigenvalue weighted by Crippen LogP contribution is 2.31. The number of nitrogens with one attached hydrogen (secondary N) is 1. The number of hydrogen-bond acceptors (Lipinski definition) is 4. The van der Waals surface area contributed by atoms with Crippen molar-refractivity contribution in [1.29, 1.82) is 0 Å². The van der Waals surface area contributed by atoms with E-state index in [1.165, 1.54) is 17.4 Å². The van der Waals surface area contributed by atoms with Crippen LogP contribution in [0.4, 0.5) is 8.78 Å². The zero-order chi connectivity index (χ0) is 14.5. The van der Waals surface area contributed by atoms with E-state index in [1.54, 1.807) is 18.2 Å². The highest BCUT2D eigenvalue weighted by molar-refractivity contribution is 7.09. The first-order valence-electron chi connectivity index (χ1n) is 6.28. The molecule has 0 unspecified atom stereocenters. The fourth-order valence-electron chi connectivity index (χ4n) is 1.68. The molecule has 0 amide bonds. The number of nitrogens with zero attached hydrogens (tertiary/aromatic N) is 1. The Morgan fingerprint density at radius 3 is 2.75 bits per heavy atom. The van der Waals surface area contributed by atoms with Crippen LogP contribution >= 0.6 is 11.3 Å². The van der Waals surface area contributed by atoms with Crippen LogP contribution in [-0.4, -0.2) is 17.6 Å². The Balaban J connectivity index is 2.19. The fourth-order valence-corrected chi connectivity index (χ4v) is 2.43. The molecule has 0 saturated heterocycles. The smallest absolute Gasteiger partial charge is 0.387 e. The van der Waals surface area contributed by atoms with Gasteiger partial charge in [0.15, 0.2) is 0 Å². The van der Waals surface area contributed by atoms with Crippen LogP contribution < -0.4 is 10.1 Å². The maximum atomic E-state index is 12.4. The third kappa shape index (κ3) is 3.98. The van der Waals surface area contributed by atoms with Crippen LogP contribution in [0, 0.1) is 0 Å². The van der Waals surface area contributed by atoms with Crippen LogP contribution in [0.15, 0.2) is 29.6 Å². The molecule has 0 aliphatic carbocycles. The number of alkyl halides is 2. The lowest BCUT2D eigenvalue weighted by atomic mass is 10.1. The lowest BCUT2D eigenvalue weighted by Crippen LogP contribution is -2.21. The molecule has 0 fully saturated rings. The van der Waals surface area contributed by atoms with Gasteiger partial charge in [-0.25, -0.2) is 4.98 Å². The second-order valence-corrected chi connectivity index (χ2v) is 5.48. The average molecular weight is 298 g/mol. The molecule has 0 atom stereocenters. The van der Waals surface area contributed by atoms with Gasteiger partial charge in [-0.15, -0.1) is 11.3 Å². The largest absolute Gasteiger partial charge is 0.434 e. The van der Waals surface area contributed by atoms with Crippen LogP contribution in [0.1, 0.15) is 18.9 Å². The summed E-state index contributed by atoms with van der Waals surface area (Å²) in [5.41, 5.74) is 1.24. The van der Waals surface area contributed by atoms with Gasteiger partial charge in [-0.1, -0.05) is 26.0 Å². The van der Waals surface area contributed by atoms with Gasteiger partial charge < -0.3 is 10.1 Å². The van der Waals surface area contributed by atoms with Crippen molar-refractivity contribution in [1.82, 2.24) is 10.3 Å².